The molecule has 0 heterocycles. The zero-order valence-corrected chi connectivity index (χ0v) is 21.3. The molecule has 1 aromatic rings. The van der Waals surface area contributed by atoms with Crippen LogP contribution in [-0.4, -0.2) is 3.21 Å². The van der Waals surface area contributed by atoms with Gasteiger partial charge in [0, 0.05) is 0 Å². The Kier molecular flexibility index (Phi) is 13.1. The Morgan fingerprint density at radius 1 is 0.966 bits per heavy atom. The van der Waals surface area contributed by atoms with Gasteiger partial charge in [0.25, 0.3) is 0 Å². The van der Waals surface area contributed by atoms with Gasteiger partial charge in [-0.25, -0.2) is 24.1 Å². The van der Waals surface area contributed by atoms with Crippen LogP contribution in [0.1, 0.15) is 70.3 Å². The minimum Gasteiger partial charge on any atom is -1.00 e. The van der Waals surface area contributed by atoms with Gasteiger partial charge in [0.15, 0.2) is 0 Å². The predicted octanol–water partition coefficient (Wildman–Crippen LogP) is 1.03. The molecule has 154 valence electrons. The van der Waals surface area contributed by atoms with Crippen molar-refractivity contribution in [3.05, 3.63) is 88.9 Å². The smallest absolute Gasteiger partial charge is 0.0327 e. The quantitative estimate of drug-likeness (QED) is 0.502. The number of hydrogen-bond acceptors (Lipinski definition) is 0. The Labute approximate surface area is 204 Å². The first-order valence-corrected chi connectivity index (χ1v) is 11.6. The zero-order chi connectivity index (χ0) is 18.9. The van der Waals surface area contributed by atoms with Crippen molar-refractivity contribution >= 4 is 3.21 Å². The number of hydrogen-bond donors (Lipinski definition) is 0. The monoisotopic (exact) mass is 502 g/mol. The molecule has 0 N–H and O–H groups in total. The van der Waals surface area contributed by atoms with Crippen LogP contribution in [-0.2, 0) is 24.2 Å². The van der Waals surface area contributed by atoms with Gasteiger partial charge in [0.05, 0.1) is 0 Å². The minimum absolute atomic E-state index is 0. The molecule has 0 amide bonds. The molecule has 0 bridgehead atoms. The molecule has 3 heteroatoms. The normalized spacial score (nSPS) is 18.0. The first-order valence-electron chi connectivity index (χ1n) is 10.3. The van der Waals surface area contributed by atoms with Crippen LogP contribution in [0.25, 0.3) is 0 Å². The van der Waals surface area contributed by atoms with Gasteiger partial charge in [-0.1, -0.05) is 24.8 Å². The predicted molar refractivity (Wildman–Crippen MR) is 113 cm³/mol. The van der Waals surface area contributed by atoms with Gasteiger partial charge in [-0.05, 0) is 25.7 Å². The third-order valence-corrected chi connectivity index (χ3v) is 6.26. The summed E-state index contributed by atoms with van der Waals surface area (Å²) in [4.78, 5) is 0. The van der Waals surface area contributed by atoms with Crippen molar-refractivity contribution in [2.24, 2.45) is 0 Å². The maximum Gasteiger partial charge on any atom is -0.0327 e. The van der Waals surface area contributed by atoms with Gasteiger partial charge in [-0.3, -0.25) is 6.08 Å². The molecular formula is C26H30Cl2Zr-2. The molecule has 0 nitrogen and oxygen atoms in total. The van der Waals surface area contributed by atoms with E-state index in [-0.39, 0.29) is 24.8 Å². The summed E-state index contributed by atoms with van der Waals surface area (Å²) in [6.45, 7) is 2.16. The Hall–Kier alpha value is -0.617. The molecule has 0 aliphatic heterocycles. The fraction of sp³-hybridized carbons (Fsp3) is 0.385. The van der Waals surface area contributed by atoms with Crippen molar-refractivity contribution in [1.82, 2.24) is 0 Å². The number of halogens is 2. The van der Waals surface area contributed by atoms with Gasteiger partial charge in [0.2, 0.25) is 0 Å². The summed E-state index contributed by atoms with van der Waals surface area (Å²) in [5.74, 6) is 0. The molecule has 0 fully saturated rings. The molecule has 4 aliphatic carbocycles. The maximum atomic E-state index is 2.99. The van der Waals surface area contributed by atoms with E-state index >= 15 is 0 Å². The van der Waals surface area contributed by atoms with Crippen molar-refractivity contribution in [3.63, 3.8) is 0 Å². The Bertz CT molecular complexity index is 729. The Morgan fingerprint density at radius 2 is 1.69 bits per heavy atom. The van der Waals surface area contributed by atoms with E-state index in [1.54, 1.807) is 22.3 Å². The van der Waals surface area contributed by atoms with E-state index in [0.717, 1.165) is 6.42 Å². The Morgan fingerprint density at radius 3 is 2.28 bits per heavy atom. The second-order valence-electron chi connectivity index (χ2n) is 7.56. The molecule has 0 radical (unpaired) electrons. The van der Waals surface area contributed by atoms with E-state index in [0.29, 0.717) is 0 Å². The molecule has 0 atom stereocenters. The summed E-state index contributed by atoms with van der Waals surface area (Å²) >= 11 is 1.51. The average molecular weight is 505 g/mol. The van der Waals surface area contributed by atoms with Gasteiger partial charge in [0.1, 0.15) is 0 Å². The van der Waals surface area contributed by atoms with E-state index in [1.807, 2.05) is 18.2 Å². The fourth-order valence-corrected chi connectivity index (χ4v) is 4.56. The summed E-state index contributed by atoms with van der Waals surface area (Å²) in [6, 6.07) is 10.5. The van der Waals surface area contributed by atoms with E-state index in [4.69, 9.17) is 0 Å². The standard InChI is InChI=1S/C13H17.C8H8.C5H5.2ClH.Zr/c1-3-7-12-10(5-1)9-11-6-2-4-8-13(11)12;1-2-8-6-4-3-5-7-8;1-2-4-5-3-1;;;/h5H,1-4,6-9H2;3-7H,1H3;1-3H,4H2;2*1H;/q-1;;-1;;;+2/p-2. The maximum absolute atomic E-state index is 2.99. The number of allylic oxidation sites excluding steroid dienone is 8. The van der Waals surface area contributed by atoms with E-state index < -0.39 is 0 Å². The fourth-order valence-electron chi connectivity index (χ4n) is 4.15. The molecule has 0 spiro atoms. The summed E-state index contributed by atoms with van der Waals surface area (Å²) in [6.07, 6.45) is 23.6. The molecule has 0 aromatic heterocycles. The topological polar surface area (TPSA) is 0 Å². The van der Waals surface area contributed by atoms with Gasteiger partial charge >= 0.3 is 70.3 Å². The minimum atomic E-state index is 0. The van der Waals surface area contributed by atoms with Crippen LogP contribution >= 0.6 is 0 Å². The largest absolute Gasteiger partial charge is 1.00 e. The molecule has 0 unspecified atom stereocenters. The third-order valence-electron chi connectivity index (χ3n) is 5.55. The van der Waals surface area contributed by atoms with Crippen molar-refractivity contribution < 1.29 is 49.0 Å². The van der Waals surface area contributed by atoms with Crippen LogP contribution in [0.3, 0.4) is 0 Å². The summed E-state index contributed by atoms with van der Waals surface area (Å²) in [5, 5.41) is 0. The number of rotatable bonds is 1. The first-order chi connectivity index (χ1) is 13.3. The second kappa shape index (κ2) is 14.4. The van der Waals surface area contributed by atoms with Crippen LogP contribution in [0.15, 0.2) is 70.9 Å². The molecular weight excluding hydrogens is 474 g/mol. The van der Waals surface area contributed by atoms with Crippen LogP contribution < -0.4 is 24.8 Å². The summed E-state index contributed by atoms with van der Waals surface area (Å²) in [7, 11) is 0. The average Bonchev–Trinajstić information content (AvgIpc) is 3.41. The zero-order valence-electron chi connectivity index (χ0n) is 17.3. The third kappa shape index (κ3) is 8.20. The molecule has 5 rings (SSSR count). The van der Waals surface area contributed by atoms with Gasteiger partial charge < -0.3 is 24.8 Å². The van der Waals surface area contributed by atoms with Crippen LogP contribution in [0, 0.1) is 12.5 Å². The summed E-state index contributed by atoms with van der Waals surface area (Å²) in [5.41, 5.74) is 8.43. The van der Waals surface area contributed by atoms with Gasteiger partial charge in [-0.15, -0.1) is 18.4 Å². The SMILES string of the molecule is C[C](=[Zr+2])c1ccccc1.[C-]1=CC=CC1.[CH-]1CCCC2=C1CC1=C2CCCC1.[Cl-].[Cl-]. The van der Waals surface area contributed by atoms with Crippen LogP contribution in [0.2, 0.25) is 0 Å². The molecule has 0 saturated heterocycles. The Balaban J connectivity index is 0.000000231. The first kappa shape index (κ1) is 26.4. The van der Waals surface area contributed by atoms with Crippen molar-refractivity contribution in [1.29, 1.82) is 0 Å². The van der Waals surface area contributed by atoms with Crippen LogP contribution in [0.5, 0.6) is 0 Å². The number of fused-ring (bicyclic) bond motifs is 1. The number of benzene rings is 1. The molecule has 29 heavy (non-hydrogen) atoms. The van der Waals surface area contributed by atoms with E-state index in [2.05, 4.69) is 49.8 Å². The van der Waals surface area contributed by atoms with Crippen molar-refractivity contribution in [2.75, 3.05) is 0 Å². The molecule has 1 aromatic carbocycles. The van der Waals surface area contributed by atoms with Crippen LogP contribution in [0.4, 0.5) is 0 Å². The summed E-state index contributed by atoms with van der Waals surface area (Å²) < 4.78 is 1.46. The van der Waals surface area contributed by atoms with Crippen molar-refractivity contribution in [2.45, 2.75) is 64.7 Å². The van der Waals surface area contributed by atoms with E-state index in [1.165, 1.54) is 84.4 Å². The van der Waals surface area contributed by atoms with E-state index in [9.17, 15) is 0 Å². The van der Waals surface area contributed by atoms with Gasteiger partial charge in [-0.2, -0.15) is 11.6 Å². The molecule has 0 saturated carbocycles. The van der Waals surface area contributed by atoms with Crippen molar-refractivity contribution in [3.8, 4) is 0 Å². The molecule has 4 aliphatic rings. The second-order valence-corrected chi connectivity index (χ2v) is 9.40.